The molecule has 0 radical (unpaired) electrons. The number of aliphatic hydroxyl groups is 1. The lowest BCUT2D eigenvalue weighted by atomic mass is 9.95. The van der Waals surface area contributed by atoms with Crippen molar-refractivity contribution in [2.75, 3.05) is 32.7 Å². The highest BCUT2D eigenvalue weighted by Gasteiger charge is 2.28. The van der Waals surface area contributed by atoms with Crippen molar-refractivity contribution in [2.45, 2.75) is 59.2 Å². The summed E-state index contributed by atoms with van der Waals surface area (Å²) in [5, 5.41) is 11.3. The maximum absolute atomic E-state index is 13.2. The van der Waals surface area contributed by atoms with E-state index in [1.807, 2.05) is 46.8 Å². The molecule has 1 atom stereocenters. The summed E-state index contributed by atoms with van der Waals surface area (Å²) in [6, 6.07) is 7.30. The minimum atomic E-state index is -0.739. The van der Waals surface area contributed by atoms with E-state index in [0.717, 1.165) is 11.3 Å². The monoisotopic (exact) mass is 501 g/mol. The van der Waals surface area contributed by atoms with Crippen LogP contribution in [-0.2, 0) is 17.6 Å². The summed E-state index contributed by atoms with van der Waals surface area (Å²) in [7, 11) is 0. The molecule has 1 aromatic carbocycles. The summed E-state index contributed by atoms with van der Waals surface area (Å²) in [6.45, 7) is 12.4. The third-order valence-electron chi connectivity index (χ3n) is 6.03. The van der Waals surface area contributed by atoms with Crippen LogP contribution in [0.4, 0.5) is 4.79 Å². The molecule has 0 bridgehead atoms. The van der Waals surface area contributed by atoms with E-state index in [-0.39, 0.29) is 11.9 Å². The number of hydrogen-bond acceptors (Lipinski definition) is 6. The first-order valence-corrected chi connectivity index (χ1v) is 12.7. The molecule has 1 amide bonds. The van der Waals surface area contributed by atoms with E-state index < -0.39 is 11.7 Å². The standard InChI is InChI=1S/C25H30ClN3O4.C2H6/c1-25(2,3)33-24(32)29-10-8-28(9-11-29)15-22(30)17-5-4-16-6-7-21-20(13-18(26)14-27-21)23(31)19(16)12-17;1-2/h4-5,12-14,22,30H,6-11,15H2,1-3H3;1-2H3. The second-order valence-electron chi connectivity index (χ2n) is 9.68. The minimum Gasteiger partial charge on any atom is -0.444 e. The Morgan fingerprint density at radius 1 is 1.11 bits per heavy atom. The molecule has 7 nitrogen and oxygen atoms in total. The van der Waals surface area contributed by atoms with Gasteiger partial charge in [-0.3, -0.25) is 14.7 Å². The van der Waals surface area contributed by atoms with E-state index in [9.17, 15) is 14.7 Å². The van der Waals surface area contributed by atoms with Gasteiger partial charge in [0.05, 0.1) is 16.8 Å². The fraction of sp³-hybridized carbons (Fsp3) is 0.519. The predicted octanol–water partition coefficient (Wildman–Crippen LogP) is 4.68. The molecule has 1 aliphatic carbocycles. The smallest absolute Gasteiger partial charge is 0.410 e. The number of ether oxygens (including phenoxy) is 1. The minimum absolute atomic E-state index is 0.104. The van der Waals surface area contributed by atoms with E-state index in [1.165, 1.54) is 0 Å². The quantitative estimate of drug-likeness (QED) is 0.657. The van der Waals surface area contributed by atoms with Crippen LogP contribution < -0.4 is 0 Å². The van der Waals surface area contributed by atoms with Gasteiger partial charge in [-0.2, -0.15) is 0 Å². The van der Waals surface area contributed by atoms with Crippen molar-refractivity contribution < 1.29 is 19.4 Å². The van der Waals surface area contributed by atoms with Crippen molar-refractivity contribution in [3.8, 4) is 0 Å². The van der Waals surface area contributed by atoms with Crippen molar-refractivity contribution in [1.29, 1.82) is 0 Å². The molecule has 2 aromatic rings. The molecule has 2 heterocycles. The summed E-state index contributed by atoms with van der Waals surface area (Å²) in [4.78, 5) is 33.6. The molecule has 1 aromatic heterocycles. The number of pyridine rings is 1. The van der Waals surface area contributed by atoms with Gasteiger partial charge in [0.15, 0.2) is 5.78 Å². The van der Waals surface area contributed by atoms with E-state index in [1.54, 1.807) is 23.2 Å². The van der Waals surface area contributed by atoms with Crippen LogP contribution in [0.3, 0.4) is 0 Å². The summed E-state index contributed by atoms with van der Waals surface area (Å²) in [5.74, 6) is -0.104. The molecule has 35 heavy (non-hydrogen) atoms. The number of ketones is 1. The van der Waals surface area contributed by atoms with Crippen molar-refractivity contribution in [2.24, 2.45) is 0 Å². The number of hydrogen-bond donors (Lipinski definition) is 1. The molecule has 0 spiro atoms. The largest absolute Gasteiger partial charge is 0.444 e. The Balaban J connectivity index is 0.00000167. The number of aryl methyl sites for hydroxylation is 2. The third kappa shape index (κ3) is 6.81. The van der Waals surface area contributed by atoms with Crippen LogP contribution >= 0.6 is 11.6 Å². The summed E-state index contributed by atoms with van der Waals surface area (Å²) in [5.41, 5.74) is 3.03. The second-order valence-corrected chi connectivity index (χ2v) is 10.1. The number of piperazine rings is 1. The normalized spacial score (nSPS) is 16.9. The van der Waals surface area contributed by atoms with E-state index >= 15 is 0 Å². The lowest BCUT2D eigenvalue weighted by Gasteiger charge is -2.36. The number of aromatic nitrogens is 1. The molecule has 1 aliphatic heterocycles. The Hall–Kier alpha value is -2.48. The zero-order chi connectivity index (χ0) is 25.8. The van der Waals surface area contributed by atoms with Crippen LogP contribution in [0, 0.1) is 0 Å². The number of carbonyl (C=O) groups excluding carboxylic acids is 2. The Labute approximate surface area is 213 Å². The molecule has 1 saturated heterocycles. The lowest BCUT2D eigenvalue weighted by molar-refractivity contribution is 0.0101. The molecule has 190 valence electrons. The predicted molar refractivity (Wildman–Crippen MR) is 137 cm³/mol. The van der Waals surface area contributed by atoms with Gasteiger partial charge >= 0.3 is 6.09 Å². The number of carbonyl (C=O) groups is 2. The number of benzene rings is 1. The Bertz CT molecular complexity index is 1060. The van der Waals surface area contributed by atoms with Crippen LogP contribution in [0.5, 0.6) is 0 Å². The van der Waals surface area contributed by atoms with Gasteiger partial charge in [0.2, 0.25) is 0 Å². The van der Waals surface area contributed by atoms with Crippen molar-refractivity contribution in [3.05, 3.63) is 63.4 Å². The molecule has 1 fully saturated rings. The highest BCUT2D eigenvalue weighted by Crippen LogP contribution is 2.28. The Morgan fingerprint density at radius 2 is 1.80 bits per heavy atom. The van der Waals surface area contributed by atoms with Gasteiger partial charge in [-0.15, -0.1) is 0 Å². The topological polar surface area (TPSA) is 83.0 Å². The van der Waals surface area contributed by atoms with E-state index in [4.69, 9.17) is 16.3 Å². The van der Waals surface area contributed by atoms with Gasteiger partial charge < -0.3 is 14.7 Å². The second kappa shape index (κ2) is 11.5. The molecule has 2 aliphatic rings. The van der Waals surface area contributed by atoms with E-state index in [2.05, 4.69) is 9.88 Å². The molecule has 1 N–H and O–H groups in total. The zero-order valence-corrected chi connectivity index (χ0v) is 22.1. The third-order valence-corrected chi connectivity index (χ3v) is 6.24. The van der Waals surface area contributed by atoms with Gasteiger partial charge in [-0.1, -0.05) is 37.6 Å². The highest BCUT2D eigenvalue weighted by molar-refractivity contribution is 6.31. The average Bonchev–Trinajstić information content (AvgIpc) is 2.96. The zero-order valence-electron chi connectivity index (χ0n) is 21.3. The van der Waals surface area contributed by atoms with Crippen LogP contribution in [0.15, 0.2) is 30.5 Å². The Morgan fingerprint density at radius 3 is 2.46 bits per heavy atom. The van der Waals surface area contributed by atoms with Crippen LogP contribution in [-0.4, -0.2) is 70.1 Å². The molecule has 4 rings (SSSR count). The van der Waals surface area contributed by atoms with Gasteiger partial charge in [-0.25, -0.2) is 4.79 Å². The fourth-order valence-corrected chi connectivity index (χ4v) is 4.44. The lowest BCUT2D eigenvalue weighted by Crippen LogP contribution is -2.50. The van der Waals surface area contributed by atoms with Gasteiger partial charge in [0, 0.05) is 50.0 Å². The SMILES string of the molecule is CC.CC(C)(C)OC(=O)N1CCN(CC(O)c2ccc3c(c2)C(=O)c2cc(Cl)cnc2CC3)CC1. The first kappa shape index (κ1) is 27.1. The number of halogens is 1. The fourth-order valence-electron chi connectivity index (χ4n) is 4.28. The number of fused-ring (bicyclic) bond motifs is 2. The molecule has 8 heteroatoms. The summed E-state index contributed by atoms with van der Waals surface area (Å²) < 4.78 is 5.44. The maximum Gasteiger partial charge on any atom is 0.410 e. The first-order valence-electron chi connectivity index (χ1n) is 12.3. The summed E-state index contributed by atoms with van der Waals surface area (Å²) >= 11 is 6.08. The van der Waals surface area contributed by atoms with Gasteiger partial charge in [-0.05, 0) is 56.9 Å². The first-order chi connectivity index (χ1) is 16.6. The number of nitrogens with zero attached hydrogens (tertiary/aromatic N) is 3. The maximum atomic E-state index is 13.2. The molecular weight excluding hydrogens is 466 g/mol. The van der Waals surface area contributed by atoms with E-state index in [0.29, 0.717) is 67.3 Å². The average molecular weight is 502 g/mol. The number of amides is 1. The van der Waals surface area contributed by atoms with Crippen LogP contribution in [0.1, 0.15) is 73.5 Å². The Kier molecular flexibility index (Phi) is 8.91. The number of β-amino-alcohol motifs (C(OH)–C–C–N with tert-alkyl or cyclic N) is 1. The number of aliphatic hydroxyl groups excluding tert-OH is 1. The highest BCUT2D eigenvalue weighted by atomic mass is 35.5. The van der Waals surface area contributed by atoms with Crippen molar-refractivity contribution in [3.63, 3.8) is 0 Å². The molecule has 0 saturated carbocycles. The summed E-state index contributed by atoms with van der Waals surface area (Å²) in [6.07, 6.45) is 1.92. The van der Waals surface area contributed by atoms with Gasteiger partial charge in [0.1, 0.15) is 5.60 Å². The van der Waals surface area contributed by atoms with Gasteiger partial charge in [0.25, 0.3) is 0 Å². The van der Waals surface area contributed by atoms with Crippen molar-refractivity contribution in [1.82, 2.24) is 14.8 Å². The molecular formula is C27H36ClN3O4. The van der Waals surface area contributed by atoms with Crippen molar-refractivity contribution >= 4 is 23.5 Å². The number of rotatable bonds is 3. The molecule has 1 unspecified atom stereocenters. The van der Waals surface area contributed by atoms with Crippen LogP contribution in [0.25, 0.3) is 0 Å². The van der Waals surface area contributed by atoms with Crippen LogP contribution in [0.2, 0.25) is 5.02 Å².